The van der Waals surface area contributed by atoms with Crippen molar-refractivity contribution in [1.29, 1.82) is 0 Å². The molecule has 0 radical (unpaired) electrons. The van der Waals surface area contributed by atoms with Gasteiger partial charge >= 0.3 is 6.18 Å². The van der Waals surface area contributed by atoms with Crippen molar-refractivity contribution < 1.29 is 22.7 Å². The fraction of sp³-hybridized carbons (Fsp3) is 0.190. The van der Waals surface area contributed by atoms with Crippen LogP contribution < -0.4 is 9.64 Å². The normalized spacial score (nSPS) is 13.9. The monoisotopic (exact) mass is 399 g/mol. The van der Waals surface area contributed by atoms with Crippen molar-refractivity contribution in [2.75, 3.05) is 11.4 Å². The van der Waals surface area contributed by atoms with E-state index < -0.39 is 11.7 Å². The SMILES string of the molecule is Cc1nccc(N2CCc3ccc(Oc4ccc(C(F)(F)F)cc4)cc3C2=O)n1. The molecule has 0 fully saturated rings. The molecule has 1 aromatic heterocycles. The zero-order valence-corrected chi connectivity index (χ0v) is 15.4. The van der Waals surface area contributed by atoms with Crippen molar-refractivity contribution in [1.82, 2.24) is 9.97 Å². The third kappa shape index (κ3) is 3.91. The fourth-order valence-electron chi connectivity index (χ4n) is 3.18. The van der Waals surface area contributed by atoms with Gasteiger partial charge in [-0.1, -0.05) is 6.07 Å². The summed E-state index contributed by atoms with van der Waals surface area (Å²) in [5.41, 5.74) is 0.620. The molecule has 29 heavy (non-hydrogen) atoms. The molecule has 148 valence electrons. The highest BCUT2D eigenvalue weighted by Crippen LogP contribution is 2.32. The Kier molecular flexibility index (Phi) is 4.70. The van der Waals surface area contributed by atoms with Gasteiger partial charge in [-0.2, -0.15) is 13.2 Å². The zero-order valence-electron chi connectivity index (χ0n) is 15.4. The van der Waals surface area contributed by atoms with Crippen LogP contribution >= 0.6 is 0 Å². The van der Waals surface area contributed by atoms with Crippen LogP contribution in [-0.2, 0) is 12.6 Å². The maximum atomic E-state index is 13.0. The Bertz CT molecular complexity index is 1070. The van der Waals surface area contributed by atoms with Crippen molar-refractivity contribution in [3.63, 3.8) is 0 Å². The third-order valence-electron chi connectivity index (χ3n) is 4.62. The van der Waals surface area contributed by atoms with Crippen molar-refractivity contribution in [3.05, 3.63) is 77.2 Å². The first-order valence-electron chi connectivity index (χ1n) is 8.91. The molecule has 4 rings (SSSR count). The lowest BCUT2D eigenvalue weighted by Crippen LogP contribution is -2.38. The minimum Gasteiger partial charge on any atom is -0.457 e. The summed E-state index contributed by atoms with van der Waals surface area (Å²) < 4.78 is 43.7. The van der Waals surface area contributed by atoms with Crippen LogP contribution in [0.1, 0.15) is 27.3 Å². The Hall–Kier alpha value is -3.42. The Morgan fingerprint density at radius 3 is 2.45 bits per heavy atom. The number of nitrogens with zero attached hydrogens (tertiary/aromatic N) is 3. The Balaban J connectivity index is 1.58. The molecule has 0 aliphatic carbocycles. The van der Waals surface area contributed by atoms with Gasteiger partial charge in [-0.3, -0.25) is 9.69 Å². The summed E-state index contributed by atoms with van der Waals surface area (Å²) in [6.45, 7) is 2.25. The Labute approximate surface area is 164 Å². The number of carbonyl (C=O) groups is 1. The molecule has 1 amide bonds. The second-order valence-corrected chi connectivity index (χ2v) is 6.61. The number of alkyl halides is 3. The van der Waals surface area contributed by atoms with Crippen molar-refractivity contribution in [3.8, 4) is 11.5 Å². The van der Waals surface area contributed by atoms with E-state index in [1.807, 2.05) is 0 Å². The molecule has 3 aromatic rings. The van der Waals surface area contributed by atoms with Crippen molar-refractivity contribution in [2.24, 2.45) is 0 Å². The maximum Gasteiger partial charge on any atom is 0.416 e. The summed E-state index contributed by atoms with van der Waals surface area (Å²) in [6, 6.07) is 11.2. The molecule has 0 atom stereocenters. The summed E-state index contributed by atoms with van der Waals surface area (Å²) in [4.78, 5) is 22.9. The van der Waals surface area contributed by atoms with Gasteiger partial charge in [0.15, 0.2) is 0 Å². The van der Waals surface area contributed by atoms with E-state index in [0.29, 0.717) is 35.9 Å². The first-order chi connectivity index (χ1) is 13.8. The van der Waals surface area contributed by atoms with Crippen LogP contribution in [0, 0.1) is 6.92 Å². The smallest absolute Gasteiger partial charge is 0.416 e. The van der Waals surface area contributed by atoms with Gasteiger partial charge in [-0.25, -0.2) is 9.97 Å². The molecule has 0 bridgehead atoms. The number of ether oxygens (including phenoxy) is 1. The number of rotatable bonds is 3. The molecule has 1 aliphatic rings. The highest BCUT2D eigenvalue weighted by atomic mass is 19.4. The summed E-state index contributed by atoms with van der Waals surface area (Å²) in [6.07, 6.45) is -2.14. The molecule has 1 aliphatic heterocycles. The van der Waals surface area contributed by atoms with Gasteiger partial charge in [-0.15, -0.1) is 0 Å². The largest absolute Gasteiger partial charge is 0.457 e. The molecular formula is C21H16F3N3O2. The number of hydrogen-bond donors (Lipinski definition) is 0. The van der Waals surface area contributed by atoms with Crippen LogP contribution in [0.25, 0.3) is 0 Å². The van der Waals surface area contributed by atoms with E-state index in [-0.39, 0.29) is 11.7 Å². The highest BCUT2D eigenvalue weighted by Gasteiger charge is 2.30. The van der Waals surface area contributed by atoms with E-state index in [0.717, 1.165) is 17.7 Å². The molecule has 2 heterocycles. The van der Waals surface area contributed by atoms with Crippen LogP contribution in [0.2, 0.25) is 0 Å². The number of fused-ring (bicyclic) bond motifs is 1. The summed E-state index contributed by atoms with van der Waals surface area (Å²) in [5.74, 6) is 1.52. The zero-order chi connectivity index (χ0) is 20.6. The maximum absolute atomic E-state index is 13.0. The summed E-state index contributed by atoms with van der Waals surface area (Å²) in [7, 11) is 0. The second-order valence-electron chi connectivity index (χ2n) is 6.61. The number of aryl methyl sites for hydroxylation is 1. The van der Waals surface area contributed by atoms with Gasteiger partial charge in [0, 0.05) is 18.3 Å². The van der Waals surface area contributed by atoms with E-state index >= 15 is 0 Å². The van der Waals surface area contributed by atoms with E-state index in [4.69, 9.17) is 4.74 Å². The van der Waals surface area contributed by atoms with E-state index in [1.54, 1.807) is 42.3 Å². The van der Waals surface area contributed by atoms with Crippen molar-refractivity contribution >= 4 is 11.7 Å². The van der Waals surface area contributed by atoms with Gasteiger partial charge in [0.25, 0.3) is 5.91 Å². The molecule has 0 saturated heterocycles. The molecule has 8 heteroatoms. The van der Waals surface area contributed by atoms with Crippen LogP contribution in [0.15, 0.2) is 54.7 Å². The summed E-state index contributed by atoms with van der Waals surface area (Å²) >= 11 is 0. The lowest BCUT2D eigenvalue weighted by molar-refractivity contribution is -0.137. The predicted octanol–water partition coefficient (Wildman–Crippen LogP) is 4.80. The number of aromatic nitrogens is 2. The van der Waals surface area contributed by atoms with E-state index in [2.05, 4.69) is 9.97 Å². The van der Waals surface area contributed by atoms with Gasteiger partial charge < -0.3 is 4.74 Å². The number of amides is 1. The van der Waals surface area contributed by atoms with E-state index in [9.17, 15) is 18.0 Å². The molecular weight excluding hydrogens is 383 g/mol. The molecule has 0 saturated carbocycles. The average Bonchev–Trinajstić information content (AvgIpc) is 2.68. The Morgan fingerprint density at radius 1 is 1.03 bits per heavy atom. The van der Waals surface area contributed by atoms with Crippen molar-refractivity contribution in [2.45, 2.75) is 19.5 Å². The minimum atomic E-state index is -4.40. The molecule has 0 N–H and O–H groups in total. The standard InChI is InChI=1S/C21H16F3N3O2/c1-13-25-10-8-19(26-13)27-11-9-14-2-5-17(12-18(14)20(27)28)29-16-6-3-15(4-7-16)21(22,23)24/h2-8,10,12H,9,11H2,1H3. The highest BCUT2D eigenvalue weighted by molar-refractivity contribution is 6.07. The predicted molar refractivity (Wildman–Crippen MR) is 100 cm³/mol. The lowest BCUT2D eigenvalue weighted by atomic mass is 9.98. The number of hydrogen-bond acceptors (Lipinski definition) is 4. The average molecular weight is 399 g/mol. The fourth-order valence-corrected chi connectivity index (χ4v) is 3.18. The molecule has 2 aromatic carbocycles. The lowest BCUT2D eigenvalue weighted by Gasteiger charge is -2.28. The van der Waals surface area contributed by atoms with Crippen LogP contribution in [0.4, 0.5) is 19.0 Å². The van der Waals surface area contributed by atoms with Gasteiger partial charge in [0.05, 0.1) is 5.56 Å². The number of halogens is 3. The number of benzene rings is 2. The van der Waals surface area contributed by atoms with Gasteiger partial charge in [0.1, 0.15) is 23.1 Å². The number of anilines is 1. The van der Waals surface area contributed by atoms with Gasteiger partial charge in [0.2, 0.25) is 0 Å². The first kappa shape index (κ1) is 18.9. The van der Waals surface area contributed by atoms with E-state index in [1.165, 1.54) is 12.1 Å². The molecule has 0 unspecified atom stereocenters. The second kappa shape index (κ2) is 7.20. The van der Waals surface area contributed by atoms with Crippen LogP contribution in [-0.4, -0.2) is 22.4 Å². The third-order valence-corrected chi connectivity index (χ3v) is 4.62. The first-order valence-corrected chi connectivity index (χ1v) is 8.91. The summed E-state index contributed by atoms with van der Waals surface area (Å²) in [5, 5.41) is 0. The minimum absolute atomic E-state index is 0.206. The quantitative estimate of drug-likeness (QED) is 0.635. The van der Waals surface area contributed by atoms with Gasteiger partial charge in [-0.05, 0) is 61.4 Å². The molecule has 0 spiro atoms. The molecule has 5 nitrogen and oxygen atoms in total. The number of carbonyl (C=O) groups excluding carboxylic acids is 1. The van der Waals surface area contributed by atoms with Crippen LogP contribution in [0.5, 0.6) is 11.5 Å². The topological polar surface area (TPSA) is 55.3 Å². The van der Waals surface area contributed by atoms with Crippen LogP contribution in [0.3, 0.4) is 0 Å². The Morgan fingerprint density at radius 2 is 1.76 bits per heavy atom.